The molecule has 2 heterocycles. The first-order valence-corrected chi connectivity index (χ1v) is 12.8. The van der Waals surface area contributed by atoms with E-state index in [1.165, 1.54) is 21.6 Å². The Morgan fingerprint density at radius 2 is 1.74 bits per heavy atom. The lowest BCUT2D eigenvalue weighted by molar-refractivity contribution is -0.113. The van der Waals surface area contributed by atoms with Gasteiger partial charge >= 0.3 is 0 Å². The van der Waals surface area contributed by atoms with Gasteiger partial charge in [-0.2, -0.15) is 4.31 Å². The predicted octanol–water partition coefficient (Wildman–Crippen LogP) is 2.37. The van der Waals surface area contributed by atoms with Crippen molar-refractivity contribution < 1.29 is 18.0 Å². The van der Waals surface area contributed by atoms with Crippen molar-refractivity contribution in [2.45, 2.75) is 29.1 Å². The zero-order valence-corrected chi connectivity index (χ0v) is 18.6. The van der Waals surface area contributed by atoms with Crippen LogP contribution in [0, 0.1) is 0 Å². The maximum atomic E-state index is 13.1. The van der Waals surface area contributed by atoms with Crippen LogP contribution in [0.5, 0.6) is 0 Å². The quantitative estimate of drug-likeness (QED) is 0.765. The molecule has 31 heavy (non-hydrogen) atoms. The predicted molar refractivity (Wildman–Crippen MR) is 119 cm³/mol. The molecule has 0 radical (unpaired) electrons. The lowest BCUT2D eigenvalue weighted by Gasteiger charge is -2.34. The monoisotopic (exact) mass is 457 g/mol. The van der Waals surface area contributed by atoms with E-state index in [9.17, 15) is 18.0 Å². The number of thioether (sulfide) groups is 1. The summed E-state index contributed by atoms with van der Waals surface area (Å²) >= 11 is 1.45. The first kappa shape index (κ1) is 20.5. The van der Waals surface area contributed by atoms with Gasteiger partial charge in [0.05, 0.1) is 16.3 Å². The maximum Gasteiger partial charge on any atom is 0.254 e. The number of carbonyl (C=O) groups is 2. The van der Waals surface area contributed by atoms with Gasteiger partial charge in [0.2, 0.25) is 15.9 Å². The highest BCUT2D eigenvalue weighted by molar-refractivity contribution is 8.00. The topological polar surface area (TPSA) is 86.8 Å². The summed E-state index contributed by atoms with van der Waals surface area (Å²) < 4.78 is 27.7. The van der Waals surface area contributed by atoms with E-state index in [2.05, 4.69) is 5.32 Å². The van der Waals surface area contributed by atoms with Crippen molar-refractivity contribution in [3.05, 3.63) is 53.1 Å². The Balaban J connectivity index is 1.27. The van der Waals surface area contributed by atoms with Crippen molar-refractivity contribution in [1.82, 2.24) is 9.21 Å². The fourth-order valence-corrected chi connectivity index (χ4v) is 6.65. The molecule has 1 N–H and O–H groups in total. The number of sulfonamides is 1. The number of hydrogen-bond donors (Lipinski definition) is 1. The molecule has 2 aromatic carbocycles. The number of rotatable bonds is 3. The van der Waals surface area contributed by atoms with E-state index in [4.69, 9.17) is 0 Å². The average Bonchev–Trinajstić information content (AvgIpc) is 3.26. The molecule has 0 spiro atoms. The number of piperazine rings is 1. The van der Waals surface area contributed by atoms with Gasteiger partial charge in [0, 0.05) is 36.6 Å². The number of nitrogens with zero attached hydrogens (tertiary/aromatic N) is 2. The summed E-state index contributed by atoms with van der Waals surface area (Å²) in [6, 6.07) is 10.8. The minimum atomic E-state index is -3.57. The van der Waals surface area contributed by atoms with Crippen LogP contribution in [0.1, 0.15) is 27.9 Å². The highest BCUT2D eigenvalue weighted by Crippen LogP contribution is 2.32. The number of amides is 2. The maximum absolute atomic E-state index is 13.1. The molecule has 0 saturated carbocycles. The Morgan fingerprint density at radius 1 is 0.968 bits per heavy atom. The largest absolute Gasteiger partial charge is 0.336 e. The fraction of sp³-hybridized carbons (Fsp3) is 0.364. The molecule has 1 aliphatic carbocycles. The van der Waals surface area contributed by atoms with Crippen LogP contribution in [0.4, 0.5) is 5.69 Å². The van der Waals surface area contributed by atoms with Crippen molar-refractivity contribution >= 4 is 39.3 Å². The molecule has 1 fully saturated rings. The highest BCUT2D eigenvalue weighted by atomic mass is 32.2. The van der Waals surface area contributed by atoms with Gasteiger partial charge in [-0.3, -0.25) is 9.59 Å². The molecule has 1 saturated heterocycles. The summed E-state index contributed by atoms with van der Waals surface area (Å²) in [4.78, 5) is 27.6. The van der Waals surface area contributed by atoms with Crippen LogP contribution >= 0.6 is 11.8 Å². The standard InChI is InChI=1S/C22H23N3O4S2/c26-21-14-30-20-7-5-17(13-19(20)23-21)22(27)24-8-10-25(11-9-24)31(28,29)18-6-4-15-2-1-3-16(15)12-18/h4-7,12-13H,1-3,8-11,14H2,(H,23,26). The van der Waals surface area contributed by atoms with Gasteiger partial charge in [-0.1, -0.05) is 6.07 Å². The normalized spacial score (nSPS) is 19.0. The smallest absolute Gasteiger partial charge is 0.254 e. The highest BCUT2D eigenvalue weighted by Gasteiger charge is 2.31. The number of nitrogens with one attached hydrogen (secondary N) is 1. The molecule has 162 valence electrons. The van der Waals surface area contributed by atoms with Gasteiger partial charge < -0.3 is 10.2 Å². The molecule has 7 nitrogen and oxygen atoms in total. The molecule has 0 aromatic heterocycles. The van der Waals surface area contributed by atoms with Crippen molar-refractivity contribution in [2.75, 3.05) is 37.2 Å². The number of carbonyl (C=O) groups excluding carboxylic acids is 2. The van der Waals surface area contributed by atoms with Crippen LogP contribution in [0.3, 0.4) is 0 Å². The van der Waals surface area contributed by atoms with E-state index >= 15 is 0 Å². The van der Waals surface area contributed by atoms with Crippen molar-refractivity contribution in [2.24, 2.45) is 0 Å². The first-order valence-electron chi connectivity index (χ1n) is 10.4. The minimum absolute atomic E-state index is 0.0764. The molecule has 0 unspecified atom stereocenters. The third kappa shape index (κ3) is 3.86. The van der Waals surface area contributed by atoms with Gasteiger partial charge in [-0.25, -0.2) is 8.42 Å². The molecule has 9 heteroatoms. The molecular formula is C22H23N3O4S2. The summed E-state index contributed by atoms with van der Waals surface area (Å²) in [5.74, 6) is 0.149. The van der Waals surface area contributed by atoms with Crippen LogP contribution < -0.4 is 5.32 Å². The summed E-state index contributed by atoms with van der Waals surface area (Å²) in [7, 11) is -3.57. The Hall–Kier alpha value is -2.36. The summed E-state index contributed by atoms with van der Waals surface area (Å²) in [6.45, 7) is 1.20. The van der Waals surface area contributed by atoms with E-state index in [-0.39, 0.29) is 24.9 Å². The number of hydrogen-bond acceptors (Lipinski definition) is 5. The zero-order chi connectivity index (χ0) is 21.6. The molecule has 2 aliphatic heterocycles. The lowest BCUT2D eigenvalue weighted by atomic mass is 10.1. The summed E-state index contributed by atoms with van der Waals surface area (Å²) in [5.41, 5.74) is 3.53. The molecular weight excluding hydrogens is 434 g/mol. The number of anilines is 1. The van der Waals surface area contributed by atoms with Crippen LogP contribution in [0.2, 0.25) is 0 Å². The summed E-state index contributed by atoms with van der Waals surface area (Å²) in [5, 5.41) is 2.80. The Kier molecular flexibility index (Phi) is 5.27. The van der Waals surface area contributed by atoms with E-state index in [1.807, 2.05) is 18.2 Å². The Labute approximate surface area is 185 Å². The molecule has 0 atom stereocenters. The third-order valence-corrected chi connectivity index (χ3v) is 9.06. The van der Waals surface area contributed by atoms with Gasteiger partial charge in [0.25, 0.3) is 5.91 Å². The average molecular weight is 458 g/mol. The van der Waals surface area contributed by atoms with Crippen LogP contribution in [0.25, 0.3) is 0 Å². The lowest BCUT2D eigenvalue weighted by Crippen LogP contribution is -2.50. The second-order valence-electron chi connectivity index (χ2n) is 8.03. The third-order valence-electron chi connectivity index (χ3n) is 6.09. The van der Waals surface area contributed by atoms with Gasteiger partial charge in [-0.15, -0.1) is 11.8 Å². The second kappa shape index (κ2) is 7.96. The number of benzene rings is 2. The summed E-state index contributed by atoms with van der Waals surface area (Å²) in [6.07, 6.45) is 3.02. The van der Waals surface area contributed by atoms with E-state index in [0.717, 1.165) is 29.7 Å². The fourth-order valence-electron chi connectivity index (χ4n) is 4.39. The molecule has 2 aromatic rings. The minimum Gasteiger partial charge on any atom is -0.336 e. The van der Waals surface area contributed by atoms with Crippen molar-refractivity contribution in [1.29, 1.82) is 0 Å². The molecule has 3 aliphatic rings. The second-order valence-corrected chi connectivity index (χ2v) is 11.0. The molecule has 2 amide bonds. The number of aryl methyl sites for hydroxylation is 2. The van der Waals surface area contributed by atoms with Crippen molar-refractivity contribution in [3.63, 3.8) is 0 Å². The first-order chi connectivity index (χ1) is 14.9. The van der Waals surface area contributed by atoms with Gasteiger partial charge in [0.1, 0.15) is 0 Å². The molecule has 0 bridgehead atoms. The molecule has 5 rings (SSSR count). The van der Waals surface area contributed by atoms with Crippen molar-refractivity contribution in [3.8, 4) is 0 Å². The van der Waals surface area contributed by atoms with Gasteiger partial charge in [-0.05, 0) is 60.7 Å². The SMILES string of the molecule is O=C1CSc2ccc(C(=O)N3CCN(S(=O)(=O)c4ccc5c(c4)CCC5)CC3)cc2N1. The van der Waals surface area contributed by atoms with E-state index < -0.39 is 10.0 Å². The van der Waals surface area contributed by atoms with Crippen LogP contribution in [0.15, 0.2) is 46.2 Å². The Bertz CT molecular complexity index is 1170. The van der Waals surface area contributed by atoms with Crippen LogP contribution in [-0.2, 0) is 27.7 Å². The van der Waals surface area contributed by atoms with E-state index in [0.29, 0.717) is 35.0 Å². The Morgan fingerprint density at radius 3 is 2.55 bits per heavy atom. The number of fused-ring (bicyclic) bond motifs is 2. The zero-order valence-electron chi connectivity index (χ0n) is 17.0. The van der Waals surface area contributed by atoms with Crippen LogP contribution in [-0.4, -0.2) is 61.4 Å². The van der Waals surface area contributed by atoms with E-state index in [1.54, 1.807) is 23.1 Å². The van der Waals surface area contributed by atoms with Gasteiger partial charge in [0.15, 0.2) is 0 Å².